The lowest BCUT2D eigenvalue weighted by molar-refractivity contribution is 0.347. The van der Waals surface area contributed by atoms with E-state index < -0.39 is 0 Å². The van der Waals surface area contributed by atoms with E-state index in [0.29, 0.717) is 17.4 Å². The van der Waals surface area contributed by atoms with Gasteiger partial charge in [0.15, 0.2) is 17.0 Å². The van der Waals surface area contributed by atoms with Gasteiger partial charge in [0, 0.05) is 6.54 Å². The van der Waals surface area contributed by atoms with Crippen molar-refractivity contribution >= 4 is 17.0 Å². The average Bonchev–Trinajstić information content (AvgIpc) is 2.75. The van der Waals surface area contributed by atoms with Crippen molar-refractivity contribution in [2.45, 2.75) is 18.9 Å². The van der Waals surface area contributed by atoms with Crippen LogP contribution in [0.1, 0.15) is 18.9 Å². The van der Waals surface area contributed by atoms with Crippen LogP contribution in [0.5, 0.6) is 0 Å². The highest BCUT2D eigenvalue weighted by molar-refractivity contribution is 5.80. The number of nitrogens with zero attached hydrogens (tertiary/aromatic N) is 5. The van der Waals surface area contributed by atoms with Gasteiger partial charge >= 0.3 is 0 Å². The van der Waals surface area contributed by atoms with Crippen LogP contribution in [0.2, 0.25) is 0 Å². The van der Waals surface area contributed by atoms with Gasteiger partial charge in [-0.3, -0.25) is 0 Å². The number of nitrogen functional groups attached to an aromatic ring is 1. The van der Waals surface area contributed by atoms with Crippen molar-refractivity contribution < 1.29 is 0 Å². The van der Waals surface area contributed by atoms with Gasteiger partial charge in [-0.1, -0.05) is 5.21 Å². The minimum Gasteiger partial charge on any atom is -0.382 e. The first-order chi connectivity index (χ1) is 7.86. The zero-order valence-corrected chi connectivity index (χ0v) is 8.80. The number of hydrogen-bond donors (Lipinski definition) is 2. The van der Waals surface area contributed by atoms with E-state index in [4.69, 9.17) is 5.73 Å². The molecule has 3 rings (SSSR count). The van der Waals surface area contributed by atoms with E-state index in [0.717, 1.165) is 31.6 Å². The summed E-state index contributed by atoms with van der Waals surface area (Å²) in [5.74, 6) is 0.389. The second-order valence-electron chi connectivity index (χ2n) is 3.97. The maximum Gasteiger partial charge on any atom is 0.184 e. The van der Waals surface area contributed by atoms with Crippen molar-refractivity contribution in [2.75, 3.05) is 18.8 Å². The zero-order valence-electron chi connectivity index (χ0n) is 8.80. The summed E-state index contributed by atoms with van der Waals surface area (Å²) in [4.78, 5) is 8.10. The van der Waals surface area contributed by atoms with Gasteiger partial charge in [-0.25, -0.2) is 14.6 Å². The van der Waals surface area contributed by atoms with E-state index in [1.54, 1.807) is 0 Å². The molecule has 2 aromatic heterocycles. The number of rotatable bonds is 1. The Kier molecular flexibility index (Phi) is 2.17. The van der Waals surface area contributed by atoms with Gasteiger partial charge in [0.25, 0.3) is 0 Å². The molecule has 0 saturated carbocycles. The molecule has 1 atom stereocenters. The van der Waals surface area contributed by atoms with Crippen LogP contribution in [0.15, 0.2) is 6.33 Å². The Morgan fingerprint density at radius 1 is 1.44 bits per heavy atom. The Bertz CT molecular complexity index is 500. The third kappa shape index (κ3) is 1.40. The topological polar surface area (TPSA) is 94.5 Å². The first-order valence-corrected chi connectivity index (χ1v) is 5.38. The van der Waals surface area contributed by atoms with E-state index in [1.807, 2.05) is 4.68 Å². The first kappa shape index (κ1) is 9.46. The minimum absolute atomic E-state index is 0.313. The summed E-state index contributed by atoms with van der Waals surface area (Å²) in [7, 11) is 0. The fraction of sp³-hybridized carbons (Fsp3) is 0.556. The number of hydrogen-bond acceptors (Lipinski definition) is 6. The third-order valence-corrected chi connectivity index (χ3v) is 2.91. The molecule has 0 aliphatic carbocycles. The van der Waals surface area contributed by atoms with Crippen LogP contribution in [-0.4, -0.2) is 38.1 Å². The number of nitrogens with two attached hydrogens (primary N) is 1. The molecule has 0 aromatic carbocycles. The van der Waals surface area contributed by atoms with Crippen LogP contribution in [0.25, 0.3) is 11.2 Å². The fourth-order valence-corrected chi connectivity index (χ4v) is 2.07. The maximum absolute atomic E-state index is 5.72. The number of anilines is 1. The first-order valence-electron chi connectivity index (χ1n) is 5.38. The van der Waals surface area contributed by atoms with Gasteiger partial charge in [-0.2, -0.15) is 0 Å². The van der Waals surface area contributed by atoms with E-state index in [2.05, 4.69) is 25.6 Å². The molecule has 0 spiro atoms. The highest BCUT2D eigenvalue weighted by Gasteiger charge is 2.19. The summed E-state index contributed by atoms with van der Waals surface area (Å²) in [6, 6.07) is 0.313. The molecule has 0 amide bonds. The van der Waals surface area contributed by atoms with Crippen molar-refractivity contribution in [3.8, 4) is 0 Å². The molecule has 84 valence electrons. The Hall–Kier alpha value is -1.76. The van der Waals surface area contributed by atoms with Crippen LogP contribution in [0, 0.1) is 0 Å². The van der Waals surface area contributed by atoms with E-state index in [-0.39, 0.29) is 0 Å². The van der Waals surface area contributed by atoms with Gasteiger partial charge < -0.3 is 11.1 Å². The smallest absolute Gasteiger partial charge is 0.184 e. The Morgan fingerprint density at radius 2 is 2.38 bits per heavy atom. The maximum atomic E-state index is 5.72. The lowest BCUT2D eigenvalue weighted by Gasteiger charge is -2.22. The van der Waals surface area contributed by atoms with Crippen molar-refractivity contribution in [1.82, 2.24) is 30.3 Å². The normalized spacial score (nSPS) is 21.4. The standard InChI is InChI=1S/C9H13N7/c10-8-7-9(13-5-12-8)16(15-14-7)6-2-1-3-11-4-6/h5-6,11H,1-4H2,(H2,10,12,13)/t6-/m1/s1. The highest BCUT2D eigenvalue weighted by atomic mass is 15.5. The van der Waals surface area contributed by atoms with Crippen molar-refractivity contribution in [2.24, 2.45) is 0 Å². The number of aromatic nitrogens is 5. The van der Waals surface area contributed by atoms with E-state index >= 15 is 0 Å². The van der Waals surface area contributed by atoms with Crippen LogP contribution in [-0.2, 0) is 0 Å². The molecular formula is C9H13N7. The van der Waals surface area contributed by atoms with Gasteiger partial charge in [-0.15, -0.1) is 5.10 Å². The quantitative estimate of drug-likeness (QED) is 0.685. The summed E-state index contributed by atoms with van der Waals surface area (Å²) in [5, 5.41) is 11.5. The SMILES string of the molecule is Nc1ncnc2c1nnn2[C@@H]1CCCNC1. The number of nitrogens with one attached hydrogen (secondary N) is 1. The Balaban J connectivity index is 2.06. The summed E-state index contributed by atoms with van der Waals surface area (Å²) >= 11 is 0. The molecule has 16 heavy (non-hydrogen) atoms. The molecule has 0 radical (unpaired) electrons. The highest BCUT2D eigenvalue weighted by Crippen LogP contribution is 2.20. The number of piperidine rings is 1. The molecule has 1 saturated heterocycles. The summed E-state index contributed by atoms with van der Waals surface area (Å²) in [6.45, 7) is 1.97. The molecule has 1 aliphatic heterocycles. The average molecular weight is 219 g/mol. The van der Waals surface area contributed by atoms with Crippen molar-refractivity contribution in [3.05, 3.63) is 6.33 Å². The molecule has 2 aromatic rings. The van der Waals surface area contributed by atoms with E-state index in [1.165, 1.54) is 6.33 Å². The van der Waals surface area contributed by atoms with Gasteiger partial charge in [0.2, 0.25) is 0 Å². The minimum atomic E-state index is 0.313. The number of fused-ring (bicyclic) bond motifs is 1. The van der Waals surface area contributed by atoms with Gasteiger partial charge in [0.1, 0.15) is 6.33 Å². The summed E-state index contributed by atoms with van der Waals surface area (Å²) in [6.07, 6.45) is 3.69. The molecule has 3 heterocycles. The molecular weight excluding hydrogens is 206 g/mol. The molecule has 7 heteroatoms. The van der Waals surface area contributed by atoms with Crippen LogP contribution in [0.3, 0.4) is 0 Å². The lowest BCUT2D eigenvalue weighted by Crippen LogP contribution is -2.32. The van der Waals surface area contributed by atoms with Crippen LogP contribution in [0.4, 0.5) is 5.82 Å². The largest absolute Gasteiger partial charge is 0.382 e. The van der Waals surface area contributed by atoms with Crippen LogP contribution < -0.4 is 11.1 Å². The predicted octanol–water partition coefficient (Wildman–Crippen LogP) is -0.272. The summed E-state index contributed by atoms with van der Waals surface area (Å²) < 4.78 is 1.85. The molecule has 1 fully saturated rings. The molecule has 1 aliphatic rings. The molecule has 3 N–H and O–H groups in total. The van der Waals surface area contributed by atoms with Crippen LogP contribution >= 0.6 is 0 Å². The fourth-order valence-electron chi connectivity index (χ4n) is 2.07. The van der Waals surface area contributed by atoms with Crippen molar-refractivity contribution in [1.29, 1.82) is 0 Å². The Labute approximate surface area is 92.1 Å². The third-order valence-electron chi connectivity index (χ3n) is 2.91. The molecule has 0 bridgehead atoms. The van der Waals surface area contributed by atoms with E-state index in [9.17, 15) is 0 Å². The molecule has 7 nitrogen and oxygen atoms in total. The predicted molar refractivity (Wildman–Crippen MR) is 58.7 cm³/mol. The second-order valence-corrected chi connectivity index (χ2v) is 3.97. The van der Waals surface area contributed by atoms with Gasteiger partial charge in [-0.05, 0) is 19.4 Å². The Morgan fingerprint density at radius 3 is 3.19 bits per heavy atom. The zero-order chi connectivity index (χ0) is 11.0. The van der Waals surface area contributed by atoms with Crippen molar-refractivity contribution in [3.63, 3.8) is 0 Å². The summed E-state index contributed by atoms with van der Waals surface area (Å²) in [5.41, 5.74) is 7.03. The second kappa shape index (κ2) is 3.67. The molecule has 0 unspecified atom stereocenters. The van der Waals surface area contributed by atoms with Gasteiger partial charge in [0.05, 0.1) is 6.04 Å². The lowest BCUT2D eigenvalue weighted by atomic mass is 10.1. The monoisotopic (exact) mass is 219 g/mol.